The standard InChI is InChI=1S/C42H26O/c1-2-13-28(14-3-1)37-25-29(26-38-31-18-10-11-24-39(31)43-42(37)38)40-33-19-6-8-21-35(33)41(36-22-9-7-20-34(36)40)32-23-12-16-27-15-4-5-17-30(27)32/h1-26H/i4D,5D,10D,11D,12D,15D,16D,17D,18D,23D,24D,25D,26D. The highest BCUT2D eigenvalue weighted by Gasteiger charge is 2.20. The molecule has 0 unspecified atom stereocenters. The van der Waals surface area contributed by atoms with Crippen LogP contribution in [-0.4, -0.2) is 0 Å². The van der Waals surface area contributed by atoms with Gasteiger partial charge in [-0.1, -0.05) is 139 Å². The van der Waals surface area contributed by atoms with Crippen molar-refractivity contribution < 1.29 is 22.2 Å². The molecule has 1 heterocycles. The molecule has 0 aliphatic rings. The molecule has 0 aliphatic heterocycles. The van der Waals surface area contributed by atoms with Gasteiger partial charge in [-0.25, -0.2) is 0 Å². The zero-order valence-corrected chi connectivity index (χ0v) is 22.4. The van der Waals surface area contributed by atoms with Crippen LogP contribution < -0.4 is 0 Å². The summed E-state index contributed by atoms with van der Waals surface area (Å²) in [6.45, 7) is 0. The lowest BCUT2D eigenvalue weighted by molar-refractivity contribution is 0.670. The van der Waals surface area contributed by atoms with E-state index in [0.717, 1.165) is 0 Å². The molecule has 0 spiro atoms. The Labute approximate surface area is 267 Å². The summed E-state index contributed by atoms with van der Waals surface area (Å²) in [5.74, 6) is 0. The molecule has 0 aliphatic carbocycles. The molecule has 9 rings (SSSR count). The number of fused-ring (bicyclic) bond motifs is 6. The van der Waals surface area contributed by atoms with Gasteiger partial charge in [0.1, 0.15) is 11.2 Å². The number of hydrogen-bond acceptors (Lipinski definition) is 1. The molecule has 0 atom stereocenters. The van der Waals surface area contributed by atoms with Crippen molar-refractivity contribution in [1.82, 2.24) is 0 Å². The van der Waals surface area contributed by atoms with Gasteiger partial charge in [-0.15, -0.1) is 0 Å². The number of benzene rings is 8. The molecule has 8 aromatic carbocycles. The lowest BCUT2D eigenvalue weighted by Crippen LogP contribution is -1.92. The molecule has 9 aromatic rings. The highest BCUT2D eigenvalue weighted by atomic mass is 16.3. The van der Waals surface area contributed by atoms with E-state index in [1.165, 1.54) is 0 Å². The quantitative estimate of drug-likeness (QED) is 0.196. The summed E-state index contributed by atoms with van der Waals surface area (Å²) in [4.78, 5) is 0. The summed E-state index contributed by atoms with van der Waals surface area (Å²) in [6, 6.07) is 17.6. The first kappa shape index (κ1) is 14.5. The maximum Gasteiger partial charge on any atom is 0.143 e. The molecule has 0 bridgehead atoms. The van der Waals surface area contributed by atoms with E-state index in [1.54, 1.807) is 72.8 Å². The van der Waals surface area contributed by atoms with Crippen molar-refractivity contribution in [3.63, 3.8) is 0 Å². The third-order valence-electron chi connectivity index (χ3n) is 7.87. The van der Waals surface area contributed by atoms with Crippen molar-refractivity contribution in [3.8, 4) is 33.4 Å². The first-order valence-electron chi connectivity index (χ1n) is 20.2. The predicted octanol–water partition coefficient (Wildman–Crippen LogP) is 12.0. The van der Waals surface area contributed by atoms with E-state index in [-0.39, 0.29) is 67.5 Å². The second-order valence-corrected chi connectivity index (χ2v) is 10.2. The molecule has 0 radical (unpaired) electrons. The summed E-state index contributed by atoms with van der Waals surface area (Å²) in [6.07, 6.45) is 0. The molecule has 0 fully saturated rings. The van der Waals surface area contributed by atoms with Crippen molar-refractivity contribution in [2.75, 3.05) is 0 Å². The maximum atomic E-state index is 9.86. The number of furan rings is 1. The predicted molar refractivity (Wildman–Crippen MR) is 183 cm³/mol. The Balaban J connectivity index is 1.54. The molecule has 43 heavy (non-hydrogen) atoms. The molecular weight excluding hydrogens is 520 g/mol. The summed E-state index contributed by atoms with van der Waals surface area (Å²) in [5.41, 5.74) is 1.76. The van der Waals surface area contributed by atoms with Gasteiger partial charge in [0, 0.05) is 16.3 Å². The van der Waals surface area contributed by atoms with Crippen LogP contribution in [0.2, 0.25) is 0 Å². The van der Waals surface area contributed by atoms with Crippen molar-refractivity contribution in [2.24, 2.45) is 0 Å². The monoisotopic (exact) mass is 559 g/mol. The minimum atomic E-state index is -0.559. The lowest BCUT2D eigenvalue weighted by atomic mass is 9.84. The summed E-state index contributed by atoms with van der Waals surface area (Å²) >= 11 is 0. The van der Waals surface area contributed by atoms with Gasteiger partial charge < -0.3 is 4.42 Å². The highest BCUT2D eigenvalue weighted by molar-refractivity contribution is 6.24. The van der Waals surface area contributed by atoms with Crippen LogP contribution in [0.4, 0.5) is 0 Å². The first-order valence-corrected chi connectivity index (χ1v) is 13.7. The van der Waals surface area contributed by atoms with Crippen LogP contribution in [0.25, 0.3) is 87.6 Å². The molecule has 0 N–H and O–H groups in total. The minimum absolute atomic E-state index is 0.0116. The van der Waals surface area contributed by atoms with E-state index >= 15 is 0 Å². The average Bonchev–Trinajstić information content (AvgIpc) is 3.61. The number of rotatable bonds is 3. The molecule has 0 amide bonds. The molecule has 0 saturated heterocycles. The van der Waals surface area contributed by atoms with E-state index in [2.05, 4.69) is 0 Å². The summed E-state index contributed by atoms with van der Waals surface area (Å²) in [7, 11) is 0. The third kappa shape index (κ3) is 3.65. The van der Waals surface area contributed by atoms with E-state index in [0.29, 0.717) is 38.2 Å². The smallest absolute Gasteiger partial charge is 0.143 e. The zero-order valence-electron chi connectivity index (χ0n) is 35.4. The molecule has 0 saturated carbocycles. The van der Waals surface area contributed by atoms with E-state index < -0.39 is 60.4 Å². The normalized spacial score (nSPS) is 16.0. The van der Waals surface area contributed by atoms with Gasteiger partial charge in [0.25, 0.3) is 0 Å². The van der Waals surface area contributed by atoms with Crippen molar-refractivity contribution in [3.05, 3.63) is 157 Å². The Bertz CT molecular complexity index is 3160. The largest absolute Gasteiger partial charge is 0.455 e. The number of hydrogen-bond donors (Lipinski definition) is 0. The Kier molecular flexibility index (Phi) is 3.18. The van der Waals surface area contributed by atoms with Gasteiger partial charge in [-0.2, -0.15) is 0 Å². The highest BCUT2D eigenvalue weighted by Crippen LogP contribution is 2.47. The van der Waals surface area contributed by atoms with Crippen LogP contribution >= 0.6 is 0 Å². The van der Waals surface area contributed by atoms with Gasteiger partial charge >= 0.3 is 0 Å². The van der Waals surface area contributed by atoms with Crippen LogP contribution in [0.15, 0.2) is 162 Å². The molecular formula is C42H26O. The van der Waals surface area contributed by atoms with Gasteiger partial charge in [-0.3, -0.25) is 0 Å². The Morgan fingerprint density at radius 3 is 1.77 bits per heavy atom. The fourth-order valence-corrected chi connectivity index (χ4v) is 6.05. The fourth-order valence-electron chi connectivity index (χ4n) is 6.05. The van der Waals surface area contributed by atoms with E-state index in [4.69, 9.17) is 18.1 Å². The van der Waals surface area contributed by atoms with Crippen molar-refractivity contribution in [1.29, 1.82) is 0 Å². The summed E-state index contributed by atoms with van der Waals surface area (Å²) in [5, 5.41) is 1.85. The maximum absolute atomic E-state index is 9.86. The Morgan fingerprint density at radius 1 is 0.419 bits per heavy atom. The Morgan fingerprint density at radius 2 is 1.02 bits per heavy atom. The molecule has 1 nitrogen and oxygen atoms in total. The van der Waals surface area contributed by atoms with Crippen molar-refractivity contribution >= 4 is 54.3 Å². The van der Waals surface area contributed by atoms with Gasteiger partial charge in [0.15, 0.2) is 0 Å². The van der Waals surface area contributed by atoms with Crippen LogP contribution in [0.3, 0.4) is 0 Å². The van der Waals surface area contributed by atoms with E-state index in [9.17, 15) is 4.11 Å². The van der Waals surface area contributed by atoms with Crippen LogP contribution in [0.1, 0.15) is 17.8 Å². The third-order valence-corrected chi connectivity index (χ3v) is 7.87. The van der Waals surface area contributed by atoms with Gasteiger partial charge in [0.05, 0.1) is 17.8 Å². The van der Waals surface area contributed by atoms with Crippen molar-refractivity contribution in [2.45, 2.75) is 0 Å². The van der Waals surface area contributed by atoms with Gasteiger partial charge in [-0.05, 0) is 78.3 Å². The van der Waals surface area contributed by atoms with Gasteiger partial charge in [0.2, 0.25) is 0 Å². The zero-order chi connectivity index (χ0) is 39.6. The SMILES string of the molecule is [2H]c1c([2H])c([2H])c2c(oc3c(-c4ccccc4)c([2H])c(-c4c5ccccc5c(-c5c([2H])c([2H])c([2H])c6c([2H])c([2H])c([2H])c([2H])c56)c5ccccc45)c([2H])c32)c1[2H]. The fraction of sp³-hybridized carbons (Fsp3) is 0. The first-order chi connectivity index (χ1) is 26.8. The Hall–Kier alpha value is -5.66. The van der Waals surface area contributed by atoms with Crippen LogP contribution in [-0.2, 0) is 0 Å². The number of para-hydroxylation sites is 1. The second kappa shape index (κ2) is 9.44. The molecule has 1 aromatic heterocycles. The molecule has 1 heteroatoms. The second-order valence-electron chi connectivity index (χ2n) is 10.2. The van der Waals surface area contributed by atoms with E-state index in [1.807, 2.05) is 6.07 Å². The van der Waals surface area contributed by atoms with Crippen LogP contribution in [0, 0.1) is 0 Å². The average molecular weight is 560 g/mol. The molecule has 200 valence electrons. The minimum Gasteiger partial charge on any atom is -0.455 e. The van der Waals surface area contributed by atoms with Crippen LogP contribution in [0.5, 0.6) is 0 Å². The summed E-state index contributed by atoms with van der Waals surface area (Å²) < 4.78 is 122. The topological polar surface area (TPSA) is 13.1 Å². The lowest BCUT2D eigenvalue weighted by Gasteiger charge is -2.19.